The molecule has 2 aromatic carbocycles. The van der Waals surface area contributed by atoms with Gasteiger partial charge in [0.1, 0.15) is 5.75 Å². The minimum absolute atomic E-state index is 0.0658. The second kappa shape index (κ2) is 8.77. The summed E-state index contributed by atoms with van der Waals surface area (Å²) < 4.78 is 16.3. The van der Waals surface area contributed by atoms with Crippen molar-refractivity contribution in [3.8, 4) is 23.3 Å². The first-order valence-electron chi connectivity index (χ1n) is 10.2. The number of fused-ring (bicyclic) bond motifs is 1. The molecule has 2 aliphatic heterocycles. The Morgan fingerprint density at radius 3 is 2.72 bits per heavy atom. The summed E-state index contributed by atoms with van der Waals surface area (Å²) in [4.78, 5) is 14.7. The molecule has 2 heterocycles. The molecular formula is C24H24N2O5S. The van der Waals surface area contributed by atoms with Crippen molar-refractivity contribution in [1.29, 1.82) is 5.26 Å². The van der Waals surface area contributed by atoms with E-state index in [2.05, 4.69) is 6.07 Å². The van der Waals surface area contributed by atoms with Crippen LogP contribution in [0.25, 0.3) is 0 Å². The van der Waals surface area contributed by atoms with E-state index in [1.54, 1.807) is 44.6 Å². The van der Waals surface area contributed by atoms with E-state index in [0.29, 0.717) is 40.0 Å². The first-order chi connectivity index (χ1) is 15.5. The number of allylic oxidation sites excluding steroid dienone is 1. The van der Waals surface area contributed by atoms with Crippen molar-refractivity contribution in [3.05, 3.63) is 64.2 Å². The molecule has 0 aromatic heterocycles. The number of carbonyl (C=O) groups is 1. The SMILES string of the molecule is CCOc1ccc([C@H]2CC(=O)N3C(=C2C#N)SC[C@]3(O)c2cccc(OC)c2)cc1OC. The zero-order valence-electron chi connectivity index (χ0n) is 18.1. The number of methoxy groups -OCH3 is 2. The van der Waals surface area contributed by atoms with Crippen LogP contribution in [-0.2, 0) is 10.5 Å². The zero-order chi connectivity index (χ0) is 22.9. The van der Waals surface area contributed by atoms with Gasteiger partial charge in [0.15, 0.2) is 17.2 Å². The van der Waals surface area contributed by atoms with Crippen molar-refractivity contribution < 1.29 is 24.1 Å². The van der Waals surface area contributed by atoms with Gasteiger partial charge in [-0.15, -0.1) is 11.8 Å². The van der Waals surface area contributed by atoms with Crippen molar-refractivity contribution >= 4 is 17.7 Å². The van der Waals surface area contributed by atoms with Gasteiger partial charge in [-0.25, -0.2) is 0 Å². The van der Waals surface area contributed by atoms with Gasteiger partial charge in [0.2, 0.25) is 5.91 Å². The summed E-state index contributed by atoms with van der Waals surface area (Å²) in [6.45, 7) is 2.39. The number of amides is 1. The Kier molecular flexibility index (Phi) is 6.04. The molecule has 7 nitrogen and oxygen atoms in total. The van der Waals surface area contributed by atoms with Crippen LogP contribution in [0.4, 0.5) is 0 Å². The lowest BCUT2D eigenvalue weighted by atomic mass is 9.85. The van der Waals surface area contributed by atoms with E-state index >= 15 is 0 Å². The van der Waals surface area contributed by atoms with Crippen LogP contribution in [0.5, 0.6) is 17.2 Å². The average molecular weight is 453 g/mol. The number of carbonyl (C=O) groups excluding carboxylic acids is 1. The van der Waals surface area contributed by atoms with E-state index in [9.17, 15) is 15.2 Å². The number of thioether (sulfide) groups is 1. The topological polar surface area (TPSA) is 92.0 Å². The fourth-order valence-corrected chi connectivity index (χ4v) is 5.53. The molecule has 1 N–H and O–H groups in total. The molecule has 0 spiro atoms. The molecule has 166 valence electrons. The third-order valence-corrected chi connectivity index (χ3v) is 6.96. The largest absolute Gasteiger partial charge is 0.497 e. The van der Waals surface area contributed by atoms with Gasteiger partial charge in [0.25, 0.3) is 0 Å². The lowest BCUT2D eigenvalue weighted by Crippen LogP contribution is -2.48. The Hall–Kier alpha value is -3.15. The maximum absolute atomic E-state index is 13.3. The normalized spacial score (nSPS) is 22.4. The molecule has 2 atom stereocenters. The monoisotopic (exact) mass is 452 g/mol. The molecular weight excluding hydrogens is 428 g/mol. The lowest BCUT2D eigenvalue weighted by Gasteiger charge is -2.38. The Labute approximate surface area is 191 Å². The van der Waals surface area contributed by atoms with Gasteiger partial charge in [-0.2, -0.15) is 5.26 Å². The van der Waals surface area contributed by atoms with Gasteiger partial charge in [-0.1, -0.05) is 18.2 Å². The molecule has 0 unspecified atom stereocenters. The Morgan fingerprint density at radius 2 is 2.03 bits per heavy atom. The third-order valence-electron chi connectivity index (χ3n) is 5.73. The van der Waals surface area contributed by atoms with Crippen LogP contribution in [0.3, 0.4) is 0 Å². The van der Waals surface area contributed by atoms with Crippen LogP contribution in [0, 0.1) is 11.3 Å². The van der Waals surface area contributed by atoms with Crippen LogP contribution in [-0.4, -0.2) is 42.5 Å². The summed E-state index contributed by atoms with van der Waals surface area (Å²) in [5, 5.41) is 22.1. The second-order valence-electron chi connectivity index (χ2n) is 7.50. The van der Waals surface area contributed by atoms with Crippen LogP contribution in [0.1, 0.15) is 30.4 Å². The first kappa shape index (κ1) is 22.1. The zero-order valence-corrected chi connectivity index (χ0v) is 18.9. The van der Waals surface area contributed by atoms with Crippen LogP contribution >= 0.6 is 11.8 Å². The molecule has 4 rings (SSSR count). The third kappa shape index (κ3) is 3.57. The van der Waals surface area contributed by atoms with E-state index < -0.39 is 11.6 Å². The summed E-state index contributed by atoms with van der Waals surface area (Å²) in [6.07, 6.45) is 0.0658. The number of hydrogen-bond donors (Lipinski definition) is 1. The first-order valence-corrected chi connectivity index (χ1v) is 11.2. The number of benzene rings is 2. The molecule has 1 saturated heterocycles. The number of rotatable bonds is 6. The Bertz CT molecular complexity index is 1130. The minimum Gasteiger partial charge on any atom is -0.497 e. The average Bonchev–Trinajstić information content (AvgIpc) is 3.18. The van der Waals surface area contributed by atoms with E-state index in [1.165, 1.54) is 16.7 Å². The van der Waals surface area contributed by atoms with E-state index in [0.717, 1.165) is 5.56 Å². The summed E-state index contributed by atoms with van der Waals surface area (Å²) in [5.74, 6) is 1.30. The summed E-state index contributed by atoms with van der Waals surface area (Å²) >= 11 is 1.31. The predicted molar refractivity (Wildman–Crippen MR) is 120 cm³/mol. The van der Waals surface area contributed by atoms with Gasteiger partial charge in [-0.3, -0.25) is 9.69 Å². The molecule has 8 heteroatoms. The number of nitrogens with zero attached hydrogens (tertiary/aromatic N) is 2. The van der Waals surface area contributed by atoms with Crippen molar-refractivity contribution in [1.82, 2.24) is 4.90 Å². The summed E-state index contributed by atoms with van der Waals surface area (Å²) in [7, 11) is 3.10. The molecule has 1 fully saturated rings. The highest BCUT2D eigenvalue weighted by Gasteiger charge is 2.52. The smallest absolute Gasteiger partial charge is 0.231 e. The minimum atomic E-state index is -1.55. The number of hydrogen-bond acceptors (Lipinski definition) is 7. The van der Waals surface area contributed by atoms with E-state index in [-0.39, 0.29) is 18.1 Å². The van der Waals surface area contributed by atoms with Crippen molar-refractivity contribution in [3.63, 3.8) is 0 Å². The maximum Gasteiger partial charge on any atom is 0.231 e. The molecule has 2 aliphatic rings. The molecule has 0 aliphatic carbocycles. The van der Waals surface area contributed by atoms with Gasteiger partial charge >= 0.3 is 0 Å². The maximum atomic E-state index is 13.3. The summed E-state index contributed by atoms with van der Waals surface area (Å²) in [5.41, 5.74) is 0.250. The fourth-order valence-electron chi connectivity index (χ4n) is 4.17. The van der Waals surface area contributed by atoms with Crippen LogP contribution < -0.4 is 14.2 Å². The van der Waals surface area contributed by atoms with E-state index in [4.69, 9.17) is 14.2 Å². The van der Waals surface area contributed by atoms with Gasteiger partial charge in [0, 0.05) is 17.9 Å². The summed E-state index contributed by atoms with van der Waals surface area (Å²) in [6, 6.07) is 14.8. The molecule has 2 aromatic rings. The lowest BCUT2D eigenvalue weighted by molar-refractivity contribution is -0.149. The second-order valence-corrected chi connectivity index (χ2v) is 8.46. The molecule has 0 saturated carbocycles. The van der Waals surface area contributed by atoms with Crippen molar-refractivity contribution in [2.45, 2.75) is 25.0 Å². The van der Waals surface area contributed by atoms with Crippen LogP contribution in [0.15, 0.2) is 53.1 Å². The highest BCUT2D eigenvalue weighted by molar-refractivity contribution is 8.03. The molecule has 0 radical (unpaired) electrons. The quantitative estimate of drug-likeness (QED) is 0.714. The van der Waals surface area contributed by atoms with Gasteiger partial charge in [-0.05, 0) is 36.8 Å². The number of ether oxygens (including phenoxy) is 3. The van der Waals surface area contributed by atoms with Crippen molar-refractivity contribution in [2.75, 3.05) is 26.6 Å². The number of aliphatic hydroxyl groups is 1. The van der Waals surface area contributed by atoms with Gasteiger partial charge in [0.05, 0.1) is 43.3 Å². The Balaban J connectivity index is 1.76. The fraction of sp³-hybridized carbons (Fsp3) is 0.333. The standard InChI is InChI=1S/C24H24N2O5S/c1-4-31-20-9-8-15(10-21(20)30-3)18-12-22(27)26-23(19(18)13-25)32-14-24(26,28)16-6-5-7-17(11-16)29-2/h5-11,18,28H,4,12,14H2,1-3H3/t18-,24+/m1/s1. The molecule has 0 bridgehead atoms. The van der Waals surface area contributed by atoms with E-state index in [1.807, 2.05) is 19.1 Å². The highest BCUT2D eigenvalue weighted by Crippen LogP contribution is 2.52. The Morgan fingerprint density at radius 1 is 1.22 bits per heavy atom. The highest BCUT2D eigenvalue weighted by atomic mass is 32.2. The van der Waals surface area contributed by atoms with Crippen LogP contribution in [0.2, 0.25) is 0 Å². The van der Waals surface area contributed by atoms with Crippen molar-refractivity contribution in [2.24, 2.45) is 0 Å². The number of nitriles is 1. The van der Waals surface area contributed by atoms with Gasteiger partial charge < -0.3 is 19.3 Å². The molecule has 32 heavy (non-hydrogen) atoms. The molecule has 1 amide bonds. The predicted octanol–water partition coefficient (Wildman–Crippen LogP) is 3.75.